The van der Waals surface area contributed by atoms with Crippen LogP contribution in [0.1, 0.15) is 24.1 Å². The molecule has 0 atom stereocenters. The molecule has 1 heterocycles. The van der Waals surface area contributed by atoms with Crippen molar-refractivity contribution in [2.75, 3.05) is 0 Å². The fourth-order valence-corrected chi connectivity index (χ4v) is 2.98. The van der Waals surface area contributed by atoms with Gasteiger partial charge in [0.2, 0.25) is 0 Å². The van der Waals surface area contributed by atoms with E-state index in [1.165, 1.54) is 12.1 Å². The monoisotopic (exact) mass is 311 g/mol. The average Bonchev–Trinajstić information content (AvgIpc) is 2.77. The van der Waals surface area contributed by atoms with Crippen molar-refractivity contribution in [3.8, 4) is 5.69 Å². The third-order valence-electron chi connectivity index (χ3n) is 3.47. The van der Waals surface area contributed by atoms with Crippen LogP contribution in [-0.4, -0.2) is 14.7 Å². The van der Waals surface area contributed by atoms with E-state index in [1.807, 2.05) is 0 Å². The number of rotatable bonds is 2. The molecule has 0 fully saturated rings. The number of hydrogen-bond acceptors (Lipinski definition) is 3. The Labute approximate surface area is 125 Å². The maximum atomic E-state index is 10.9. The number of nitro benzene ring substituents is 1. The summed E-state index contributed by atoms with van der Waals surface area (Å²) in [6.07, 6.45) is 4.00. The number of nitro groups is 1. The molecule has 0 radical (unpaired) electrons. The maximum Gasteiger partial charge on any atom is 0.290 e. The first kappa shape index (κ1) is 13.4. The molecule has 0 spiro atoms. The van der Waals surface area contributed by atoms with Crippen LogP contribution in [0.4, 0.5) is 5.69 Å². The first-order valence-corrected chi connectivity index (χ1v) is 7.04. The number of benzene rings is 1. The summed E-state index contributed by atoms with van der Waals surface area (Å²) < 4.78 is 1.56. The van der Waals surface area contributed by atoms with E-state index in [2.05, 4.69) is 5.10 Å². The molecule has 20 heavy (non-hydrogen) atoms. The van der Waals surface area contributed by atoms with Crippen LogP contribution in [0, 0.1) is 10.1 Å². The van der Waals surface area contributed by atoms with Gasteiger partial charge in [0.15, 0.2) is 0 Å². The highest BCUT2D eigenvalue weighted by Gasteiger charge is 2.21. The molecule has 1 aromatic heterocycles. The predicted molar refractivity (Wildman–Crippen MR) is 76.9 cm³/mol. The zero-order valence-electron chi connectivity index (χ0n) is 10.5. The van der Waals surface area contributed by atoms with Gasteiger partial charge >= 0.3 is 0 Å². The number of halogens is 2. The molecule has 0 amide bonds. The molecule has 3 rings (SSSR count). The number of fused-ring (bicyclic) bond motifs is 1. The van der Waals surface area contributed by atoms with Gasteiger partial charge in [-0.2, -0.15) is 5.10 Å². The molecular weight excluding hydrogens is 301 g/mol. The number of aryl methyl sites for hydroxylation is 1. The van der Waals surface area contributed by atoms with Gasteiger partial charge in [-0.25, -0.2) is 4.68 Å². The largest absolute Gasteiger partial charge is 0.290 e. The Kier molecular flexibility index (Phi) is 3.40. The van der Waals surface area contributed by atoms with Gasteiger partial charge in [-0.15, -0.1) is 0 Å². The molecule has 7 heteroatoms. The van der Waals surface area contributed by atoms with Crippen molar-refractivity contribution in [3.63, 3.8) is 0 Å². The van der Waals surface area contributed by atoms with E-state index in [9.17, 15) is 10.1 Å². The molecule has 2 aromatic rings. The Morgan fingerprint density at radius 2 is 2.00 bits per heavy atom. The molecule has 0 unspecified atom stereocenters. The lowest BCUT2D eigenvalue weighted by Gasteiger charge is -2.08. The Bertz CT molecular complexity index is 697. The normalized spacial score (nSPS) is 14.1. The minimum absolute atomic E-state index is 0.104. The summed E-state index contributed by atoms with van der Waals surface area (Å²) in [6, 6.07) is 4.57. The smallest absolute Gasteiger partial charge is 0.258 e. The van der Waals surface area contributed by atoms with Crippen LogP contribution in [0.25, 0.3) is 5.69 Å². The van der Waals surface area contributed by atoms with E-state index >= 15 is 0 Å². The number of hydrogen-bond donors (Lipinski definition) is 0. The van der Waals surface area contributed by atoms with Crippen molar-refractivity contribution in [1.82, 2.24) is 9.78 Å². The summed E-state index contributed by atoms with van der Waals surface area (Å²) in [5, 5.41) is 16.1. The molecule has 5 nitrogen and oxygen atoms in total. The highest BCUT2D eigenvalue weighted by atomic mass is 35.5. The second-order valence-corrected chi connectivity index (χ2v) is 5.49. The lowest BCUT2D eigenvalue weighted by Crippen LogP contribution is -2.00. The van der Waals surface area contributed by atoms with Crippen LogP contribution < -0.4 is 0 Å². The fourth-order valence-electron chi connectivity index (χ4n) is 2.46. The van der Waals surface area contributed by atoms with Gasteiger partial charge in [-0.05, 0) is 37.8 Å². The van der Waals surface area contributed by atoms with Gasteiger partial charge in [0.05, 0.1) is 16.3 Å². The van der Waals surface area contributed by atoms with Crippen LogP contribution in [0.3, 0.4) is 0 Å². The standard InChI is InChI=1S/C13H11Cl2N3O2/c14-10-6-5-8(7-12(10)18(19)20)17-13(15)9-3-1-2-4-11(9)16-17/h5-7H,1-4H2. The SMILES string of the molecule is O=[N+]([O-])c1cc(-n2nc3c(c2Cl)CCCC3)ccc1Cl. The van der Waals surface area contributed by atoms with E-state index in [-0.39, 0.29) is 10.7 Å². The van der Waals surface area contributed by atoms with Crippen LogP contribution in [-0.2, 0) is 12.8 Å². The molecule has 104 valence electrons. The highest BCUT2D eigenvalue weighted by Crippen LogP contribution is 2.32. The summed E-state index contributed by atoms with van der Waals surface area (Å²) in [7, 11) is 0. The Morgan fingerprint density at radius 3 is 2.70 bits per heavy atom. The fraction of sp³-hybridized carbons (Fsp3) is 0.308. The minimum Gasteiger partial charge on any atom is -0.258 e. The summed E-state index contributed by atoms with van der Waals surface area (Å²) in [4.78, 5) is 10.4. The van der Waals surface area contributed by atoms with E-state index in [1.54, 1.807) is 10.7 Å². The van der Waals surface area contributed by atoms with Crippen molar-refractivity contribution in [3.05, 3.63) is 49.7 Å². The number of nitrogens with zero attached hydrogens (tertiary/aromatic N) is 3. The van der Waals surface area contributed by atoms with Crippen molar-refractivity contribution < 1.29 is 4.92 Å². The topological polar surface area (TPSA) is 61.0 Å². The summed E-state index contributed by atoms with van der Waals surface area (Å²) >= 11 is 12.2. The predicted octanol–water partition coefficient (Wildman–Crippen LogP) is 3.97. The van der Waals surface area contributed by atoms with Gasteiger partial charge in [-0.3, -0.25) is 10.1 Å². The summed E-state index contributed by atoms with van der Waals surface area (Å²) in [5.41, 5.74) is 2.45. The molecular formula is C13H11Cl2N3O2. The molecule has 1 aliphatic rings. The van der Waals surface area contributed by atoms with Gasteiger partial charge < -0.3 is 0 Å². The van der Waals surface area contributed by atoms with E-state index in [0.29, 0.717) is 10.8 Å². The molecule has 0 bridgehead atoms. The zero-order valence-corrected chi connectivity index (χ0v) is 12.0. The third-order valence-corrected chi connectivity index (χ3v) is 4.17. The lowest BCUT2D eigenvalue weighted by molar-refractivity contribution is -0.384. The van der Waals surface area contributed by atoms with Crippen molar-refractivity contribution in [1.29, 1.82) is 0 Å². The van der Waals surface area contributed by atoms with Crippen molar-refractivity contribution in [2.45, 2.75) is 25.7 Å². The Balaban J connectivity index is 2.12. The molecule has 1 aromatic carbocycles. The molecule has 0 N–H and O–H groups in total. The second kappa shape index (κ2) is 5.07. The van der Waals surface area contributed by atoms with Gasteiger partial charge in [0.25, 0.3) is 5.69 Å². The van der Waals surface area contributed by atoms with Crippen LogP contribution in [0.2, 0.25) is 10.2 Å². The van der Waals surface area contributed by atoms with Crippen LogP contribution >= 0.6 is 23.2 Å². The third kappa shape index (κ3) is 2.17. The lowest BCUT2D eigenvalue weighted by atomic mass is 9.99. The quantitative estimate of drug-likeness (QED) is 0.623. The van der Waals surface area contributed by atoms with Gasteiger partial charge in [-0.1, -0.05) is 23.2 Å². The molecule has 0 aliphatic heterocycles. The first-order valence-electron chi connectivity index (χ1n) is 6.28. The van der Waals surface area contributed by atoms with E-state index in [4.69, 9.17) is 23.2 Å². The second-order valence-electron chi connectivity index (χ2n) is 4.73. The highest BCUT2D eigenvalue weighted by molar-refractivity contribution is 6.32. The van der Waals surface area contributed by atoms with E-state index in [0.717, 1.165) is 36.9 Å². The van der Waals surface area contributed by atoms with Crippen LogP contribution in [0.5, 0.6) is 0 Å². The maximum absolute atomic E-state index is 10.9. The Morgan fingerprint density at radius 1 is 1.25 bits per heavy atom. The van der Waals surface area contributed by atoms with Gasteiger partial charge in [0.1, 0.15) is 10.2 Å². The summed E-state index contributed by atoms with van der Waals surface area (Å²) in [6.45, 7) is 0. The van der Waals surface area contributed by atoms with E-state index < -0.39 is 4.92 Å². The van der Waals surface area contributed by atoms with Crippen LogP contribution in [0.15, 0.2) is 18.2 Å². The molecule has 0 saturated carbocycles. The van der Waals surface area contributed by atoms with Crippen molar-refractivity contribution >= 4 is 28.9 Å². The number of aromatic nitrogens is 2. The average molecular weight is 312 g/mol. The summed E-state index contributed by atoms with van der Waals surface area (Å²) in [5.74, 6) is 0. The Hall–Kier alpha value is -1.59. The van der Waals surface area contributed by atoms with Gasteiger partial charge in [0, 0.05) is 11.6 Å². The van der Waals surface area contributed by atoms with Crippen molar-refractivity contribution in [2.24, 2.45) is 0 Å². The molecule has 1 aliphatic carbocycles. The molecule has 0 saturated heterocycles. The first-order chi connectivity index (χ1) is 9.58. The zero-order chi connectivity index (χ0) is 14.3. The minimum atomic E-state index is -0.511.